The molecule has 9 heteroatoms. The summed E-state index contributed by atoms with van der Waals surface area (Å²) in [5.41, 5.74) is 0.772. The van der Waals surface area contributed by atoms with Crippen LogP contribution in [0.5, 0.6) is 0 Å². The highest BCUT2D eigenvalue weighted by atomic mass is 35.5. The number of benzene rings is 2. The molecule has 132 valence electrons. The van der Waals surface area contributed by atoms with Crippen molar-refractivity contribution in [3.8, 4) is 6.07 Å². The average molecular weight is 374 g/mol. The first-order valence-corrected chi connectivity index (χ1v) is 7.65. The fraction of sp³-hybridized carbons (Fsp3) is 0.118. The lowest BCUT2D eigenvalue weighted by Crippen LogP contribution is -2.21. The van der Waals surface area contributed by atoms with Gasteiger partial charge in [0.15, 0.2) is 6.61 Å². The van der Waals surface area contributed by atoms with Crippen LogP contribution in [0.25, 0.3) is 0 Å². The van der Waals surface area contributed by atoms with Crippen LogP contribution in [0.2, 0.25) is 5.02 Å². The number of carbonyl (C=O) groups excluding carboxylic acids is 2. The molecule has 0 aliphatic carbocycles. The number of halogens is 1. The van der Waals surface area contributed by atoms with Crippen LogP contribution in [0, 0.1) is 21.4 Å². The molecule has 1 N–H and O–H groups in total. The van der Waals surface area contributed by atoms with Gasteiger partial charge in [0.1, 0.15) is 5.02 Å². The van der Waals surface area contributed by atoms with Crippen LogP contribution in [0.1, 0.15) is 15.9 Å². The summed E-state index contributed by atoms with van der Waals surface area (Å²) in [6.07, 6.45) is 0.263. The molecule has 2 aromatic rings. The topological polar surface area (TPSA) is 122 Å². The Labute approximate surface area is 153 Å². The molecule has 0 spiro atoms. The van der Waals surface area contributed by atoms with Crippen molar-refractivity contribution in [2.24, 2.45) is 0 Å². The second-order valence-electron chi connectivity index (χ2n) is 5.08. The lowest BCUT2D eigenvalue weighted by molar-refractivity contribution is -0.384. The molecule has 0 unspecified atom stereocenters. The predicted molar refractivity (Wildman–Crippen MR) is 92.8 cm³/mol. The average Bonchev–Trinajstić information content (AvgIpc) is 2.61. The highest BCUT2D eigenvalue weighted by Gasteiger charge is 2.18. The number of amides is 1. The fourth-order valence-electron chi connectivity index (χ4n) is 1.99. The van der Waals surface area contributed by atoms with Crippen LogP contribution in [0.3, 0.4) is 0 Å². The van der Waals surface area contributed by atoms with Crippen LogP contribution >= 0.6 is 11.6 Å². The second kappa shape index (κ2) is 8.60. The summed E-state index contributed by atoms with van der Waals surface area (Å²) in [7, 11) is 0. The Kier molecular flexibility index (Phi) is 6.25. The number of rotatable bonds is 6. The highest BCUT2D eigenvalue weighted by molar-refractivity contribution is 6.32. The quantitative estimate of drug-likeness (QED) is 0.471. The Hall–Kier alpha value is -3.44. The van der Waals surface area contributed by atoms with Crippen molar-refractivity contribution >= 4 is 34.9 Å². The van der Waals surface area contributed by atoms with Gasteiger partial charge in [0.25, 0.3) is 11.6 Å². The molecular formula is C17H12ClN3O5. The van der Waals surface area contributed by atoms with Gasteiger partial charge in [-0.25, -0.2) is 4.79 Å². The first-order valence-electron chi connectivity index (χ1n) is 7.27. The normalized spacial score (nSPS) is 9.85. The first kappa shape index (κ1) is 18.9. The Balaban J connectivity index is 1.92. The van der Waals surface area contributed by atoms with Crippen molar-refractivity contribution in [1.29, 1.82) is 5.26 Å². The third-order valence-electron chi connectivity index (χ3n) is 3.23. The number of ether oxygens (including phenoxy) is 1. The van der Waals surface area contributed by atoms with E-state index in [1.165, 1.54) is 12.1 Å². The van der Waals surface area contributed by atoms with Gasteiger partial charge in [-0.05, 0) is 29.8 Å². The summed E-state index contributed by atoms with van der Waals surface area (Å²) in [6.45, 7) is -0.560. The molecule has 8 nitrogen and oxygen atoms in total. The molecule has 0 bridgehead atoms. The molecule has 1 amide bonds. The van der Waals surface area contributed by atoms with Crippen LogP contribution < -0.4 is 5.32 Å². The van der Waals surface area contributed by atoms with Gasteiger partial charge in [0.2, 0.25) is 0 Å². The summed E-state index contributed by atoms with van der Waals surface area (Å²) < 4.78 is 4.84. The Morgan fingerprint density at radius 1 is 1.23 bits per heavy atom. The van der Waals surface area contributed by atoms with Gasteiger partial charge >= 0.3 is 5.97 Å². The SMILES string of the molecule is N#CCc1ccc(NC(=O)COC(=O)c2ccc(Cl)c([N+](=O)[O-])c2)cc1. The number of nitriles is 1. The standard InChI is InChI=1S/C17H12ClN3O5/c18-14-6-3-12(9-15(14)21(24)25)17(23)26-10-16(22)20-13-4-1-11(2-5-13)7-8-19/h1-6,9H,7,10H2,(H,20,22). The van der Waals surface area contributed by atoms with Crippen molar-refractivity contribution < 1.29 is 19.2 Å². The Morgan fingerprint density at radius 3 is 2.54 bits per heavy atom. The number of anilines is 1. The van der Waals surface area contributed by atoms with Gasteiger partial charge in [-0.2, -0.15) is 5.26 Å². The van der Waals surface area contributed by atoms with Crippen molar-refractivity contribution in [2.75, 3.05) is 11.9 Å². The van der Waals surface area contributed by atoms with Gasteiger partial charge < -0.3 is 10.1 Å². The molecule has 0 radical (unpaired) electrons. The van der Waals surface area contributed by atoms with Crippen LogP contribution in [0.4, 0.5) is 11.4 Å². The van der Waals surface area contributed by atoms with E-state index in [2.05, 4.69) is 5.32 Å². The minimum Gasteiger partial charge on any atom is -0.452 e. The summed E-state index contributed by atoms with van der Waals surface area (Å²) in [5, 5.41) is 21.8. The van der Waals surface area contributed by atoms with Crippen molar-refractivity contribution in [2.45, 2.75) is 6.42 Å². The van der Waals surface area contributed by atoms with Crippen molar-refractivity contribution in [3.63, 3.8) is 0 Å². The van der Waals surface area contributed by atoms with E-state index in [0.29, 0.717) is 5.69 Å². The number of nitrogens with one attached hydrogen (secondary N) is 1. The molecule has 0 heterocycles. The van der Waals surface area contributed by atoms with Gasteiger partial charge in [0, 0.05) is 11.8 Å². The number of hydrogen-bond donors (Lipinski definition) is 1. The fourth-order valence-corrected chi connectivity index (χ4v) is 2.17. The maximum Gasteiger partial charge on any atom is 0.338 e. The predicted octanol–water partition coefficient (Wildman–Crippen LogP) is 3.11. The maximum atomic E-state index is 11.9. The van der Waals surface area contributed by atoms with E-state index < -0.39 is 29.1 Å². The van der Waals surface area contributed by atoms with E-state index in [1.807, 2.05) is 6.07 Å². The zero-order chi connectivity index (χ0) is 19.1. The van der Waals surface area contributed by atoms with Gasteiger partial charge in [0.05, 0.1) is 23.0 Å². The highest BCUT2D eigenvalue weighted by Crippen LogP contribution is 2.25. The zero-order valence-corrected chi connectivity index (χ0v) is 14.0. The summed E-state index contributed by atoms with van der Waals surface area (Å²) in [6, 6.07) is 12.1. The van der Waals surface area contributed by atoms with E-state index in [4.69, 9.17) is 21.6 Å². The van der Waals surface area contributed by atoms with Crippen molar-refractivity contribution in [1.82, 2.24) is 0 Å². The minimum atomic E-state index is -0.885. The molecule has 0 aromatic heterocycles. The molecule has 0 aliphatic rings. The van der Waals surface area contributed by atoms with Gasteiger partial charge in [-0.1, -0.05) is 23.7 Å². The van der Waals surface area contributed by atoms with E-state index in [0.717, 1.165) is 11.6 Å². The number of esters is 1. The van der Waals surface area contributed by atoms with Crippen LogP contribution in [-0.4, -0.2) is 23.4 Å². The van der Waals surface area contributed by atoms with E-state index in [1.54, 1.807) is 24.3 Å². The smallest absolute Gasteiger partial charge is 0.338 e. The van der Waals surface area contributed by atoms with E-state index >= 15 is 0 Å². The van der Waals surface area contributed by atoms with E-state index in [-0.39, 0.29) is 17.0 Å². The van der Waals surface area contributed by atoms with Crippen molar-refractivity contribution in [3.05, 3.63) is 68.7 Å². The number of nitro groups is 1. The van der Waals surface area contributed by atoms with Crippen LogP contribution in [0.15, 0.2) is 42.5 Å². The number of nitrogens with zero attached hydrogens (tertiary/aromatic N) is 2. The molecule has 2 aromatic carbocycles. The second-order valence-corrected chi connectivity index (χ2v) is 5.49. The molecule has 0 atom stereocenters. The number of hydrogen-bond acceptors (Lipinski definition) is 6. The lowest BCUT2D eigenvalue weighted by atomic mass is 10.1. The summed E-state index contributed by atoms with van der Waals surface area (Å²) >= 11 is 5.67. The molecule has 2 rings (SSSR count). The lowest BCUT2D eigenvalue weighted by Gasteiger charge is -2.07. The van der Waals surface area contributed by atoms with Crippen LogP contribution in [-0.2, 0) is 16.0 Å². The minimum absolute atomic E-state index is 0.0882. The van der Waals surface area contributed by atoms with Gasteiger partial charge in [-0.15, -0.1) is 0 Å². The molecule has 26 heavy (non-hydrogen) atoms. The molecule has 0 saturated heterocycles. The largest absolute Gasteiger partial charge is 0.452 e. The van der Waals surface area contributed by atoms with E-state index in [9.17, 15) is 19.7 Å². The first-order chi connectivity index (χ1) is 12.4. The summed E-state index contributed by atoms with van der Waals surface area (Å²) in [4.78, 5) is 33.8. The monoisotopic (exact) mass is 373 g/mol. The Morgan fingerprint density at radius 2 is 1.92 bits per heavy atom. The molecule has 0 fully saturated rings. The maximum absolute atomic E-state index is 11.9. The Bertz CT molecular complexity index is 890. The zero-order valence-electron chi connectivity index (χ0n) is 13.3. The molecular weight excluding hydrogens is 362 g/mol. The summed E-state index contributed by atoms with van der Waals surface area (Å²) in [5.74, 6) is -1.46. The third-order valence-corrected chi connectivity index (χ3v) is 3.55. The molecule has 0 saturated carbocycles. The third kappa shape index (κ3) is 5.03. The van der Waals surface area contributed by atoms with Gasteiger partial charge in [-0.3, -0.25) is 14.9 Å². The molecule has 0 aliphatic heterocycles. The number of carbonyl (C=O) groups is 2. The number of nitro benzene ring substituents is 1.